The van der Waals surface area contributed by atoms with Crippen molar-refractivity contribution in [1.82, 2.24) is 10.2 Å². The first-order valence-corrected chi connectivity index (χ1v) is 8.57. The van der Waals surface area contributed by atoms with Gasteiger partial charge in [0.15, 0.2) is 0 Å². The Labute approximate surface area is 135 Å². The van der Waals surface area contributed by atoms with Gasteiger partial charge in [0.1, 0.15) is 0 Å². The minimum Gasteiger partial charge on any atom is -0.340 e. The van der Waals surface area contributed by atoms with Gasteiger partial charge in [-0.05, 0) is 50.8 Å². The standard InChI is InChI=1S/C17H23BrN2O/c1-17(2,12-4-3-5-13(18)10-12)16(21)20-9-8-14-6-7-15(11-20)19-14/h3-5,10,14-15,19H,6-9,11H2,1-2H3. The third kappa shape index (κ3) is 3.02. The molecule has 1 aromatic carbocycles. The van der Waals surface area contributed by atoms with Crippen LogP contribution >= 0.6 is 15.9 Å². The average Bonchev–Trinajstić information content (AvgIpc) is 2.77. The summed E-state index contributed by atoms with van der Waals surface area (Å²) < 4.78 is 1.03. The SMILES string of the molecule is CC(C)(C(=O)N1CCC2CCC(C1)N2)c1cccc(Br)c1. The lowest BCUT2D eigenvalue weighted by atomic mass is 9.83. The fourth-order valence-electron chi connectivity index (χ4n) is 3.52. The fourth-order valence-corrected chi connectivity index (χ4v) is 3.92. The van der Waals surface area contributed by atoms with E-state index >= 15 is 0 Å². The first-order valence-electron chi connectivity index (χ1n) is 7.78. The number of benzene rings is 1. The number of carbonyl (C=O) groups excluding carboxylic acids is 1. The zero-order valence-corrected chi connectivity index (χ0v) is 14.3. The van der Waals surface area contributed by atoms with E-state index in [4.69, 9.17) is 0 Å². The largest absolute Gasteiger partial charge is 0.340 e. The van der Waals surface area contributed by atoms with Crippen molar-refractivity contribution >= 4 is 21.8 Å². The molecule has 21 heavy (non-hydrogen) atoms. The molecule has 2 heterocycles. The van der Waals surface area contributed by atoms with Crippen molar-refractivity contribution in [3.05, 3.63) is 34.3 Å². The predicted molar refractivity (Wildman–Crippen MR) is 88.3 cm³/mol. The van der Waals surface area contributed by atoms with Gasteiger partial charge in [-0.25, -0.2) is 0 Å². The van der Waals surface area contributed by atoms with Crippen LogP contribution < -0.4 is 5.32 Å². The topological polar surface area (TPSA) is 32.3 Å². The van der Waals surface area contributed by atoms with Crippen molar-refractivity contribution in [3.8, 4) is 0 Å². The van der Waals surface area contributed by atoms with E-state index in [-0.39, 0.29) is 5.91 Å². The third-order valence-corrected chi connectivity index (χ3v) is 5.38. The Kier molecular flexibility index (Phi) is 4.10. The zero-order valence-electron chi connectivity index (χ0n) is 12.7. The van der Waals surface area contributed by atoms with Crippen LogP contribution in [0.2, 0.25) is 0 Å². The van der Waals surface area contributed by atoms with Crippen molar-refractivity contribution in [1.29, 1.82) is 0 Å². The lowest BCUT2D eigenvalue weighted by molar-refractivity contribution is -0.136. The summed E-state index contributed by atoms with van der Waals surface area (Å²) in [5.74, 6) is 0.245. The predicted octanol–water partition coefficient (Wildman–Crippen LogP) is 3.08. The molecule has 2 aliphatic heterocycles. The molecule has 2 fully saturated rings. The number of hydrogen-bond acceptors (Lipinski definition) is 2. The van der Waals surface area contributed by atoms with Crippen LogP contribution in [0.3, 0.4) is 0 Å². The molecule has 1 N–H and O–H groups in total. The van der Waals surface area contributed by atoms with Crippen LogP contribution in [0.15, 0.2) is 28.7 Å². The van der Waals surface area contributed by atoms with Gasteiger partial charge >= 0.3 is 0 Å². The number of hydrogen-bond donors (Lipinski definition) is 1. The van der Waals surface area contributed by atoms with Crippen LogP contribution in [0.25, 0.3) is 0 Å². The smallest absolute Gasteiger partial charge is 0.232 e. The molecule has 1 aromatic rings. The van der Waals surface area contributed by atoms with Gasteiger partial charge in [-0.15, -0.1) is 0 Å². The van der Waals surface area contributed by atoms with E-state index in [0.29, 0.717) is 12.1 Å². The second-order valence-electron chi connectivity index (χ2n) is 6.81. The highest BCUT2D eigenvalue weighted by molar-refractivity contribution is 9.10. The van der Waals surface area contributed by atoms with Crippen molar-refractivity contribution in [2.75, 3.05) is 13.1 Å². The quantitative estimate of drug-likeness (QED) is 0.888. The number of amides is 1. The molecule has 2 aliphatic rings. The number of nitrogens with one attached hydrogen (secondary N) is 1. The van der Waals surface area contributed by atoms with Gasteiger partial charge in [0.2, 0.25) is 5.91 Å². The monoisotopic (exact) mass is 350 g/mol. The van der Waals surface area contributed by atoms with Gasteiger partial charge in [-0.1, -0.05) is 28.1 Å². The van der Waals surface area contributed by atoms with Crippen molar-refractivity contribution < 1.29 is 4.79 Å². The maximum atomic E-state index is 13.0. The van der Waals surface area contributed by atoms with Gasteiger partial charge in [0.05, 0.1) is 5.41 Å². The van der Waals surface area contributed by atoms with Crippen LogP contribution in [0.1, 0.15) is 38.7 Å². The summed E-state index contributed by atoms with van der Waals surface area (Å²) in [7, 11) is 0. The molecular formula is C17H23BrN2O. The molecule has 2 atom stereocenters. The lowest BCUT2D eigenvalue weighted by Gasteiger charge is -2.33. The van der Waals surface area contributed by atoms with Gasteiger partial charge in [0.25, 0.3) is 0 Å². The second-order valence-corrected chi connectivity index (χ2v) is 7.73. The third-order valence-electron chi connectivity index (χ3n) is 4.89. The van der Waals surface area contributed by atoms with E-state index in [1.165, 1.54) is 12.8 Å². The van der Waals surface area contributed by atoms with E-state index in [1.807, 2.05) is 32.0 Å². The normalized spacial score (nSPS) is 25.8. The number of likely N-dealkylation sites (tertiary alicyclic amines) is 1. The Morgan fingerprint density at radius 2 is 2.05 bits per heavy atom. The minimum atomic E-state index is -0.479. The maximum Gasteiger partial charge on any atom is 0.232 e. The van der Waals surface area contributed by atoms with Gasteiger partial charge in [-0.2, -0.15) is 0 Å². The molecular weight excluding hydrogens is 328 g/mol. The van der Waals surface area contributed by atoms with E-state index < -0.39 is 5.41 Å². The molecule has 2 saturated heterocycles. The summed E-state index contributed by atoms with van der Waals surface area (Å²) in [6.07, 6.45) is 3.55. The number of carbonyl (C=O) groups is 1. The van der Waals surface area contributed by atoms with Crippen molar-refractivity contribution in [2.45, 2.75) is 50.6 Å². The molecule has 0 aliphatic carbocycles. The second kappa shape index (κ2) is 5.73. The first kappa shape index (κ1) is 15.0. The lowest BCUT2D eigenvalue weighted by Crippen LogP contribution is -2.47. The molecule has 0 radical (unpaired) electrons. The molecule has 3 nitrogen and oxygen atoms in total. The highest BCUT2D eigenvalue weighted by atomic mass is 79.9. The summed E-state index contributed by atoms with van der Waals surface area (Å²) in [6.45, 7) is 5.80. The Balaban J connectivity index is 1.80. The highest BCUT2D eigenvalue weighted by Crippen LogP contribution is 2.30. The van der Waals surface area contributed by atoms with Gasteiger partial charge < -0.3 is 10.2 Å². The van der Waals surface area contributed by atoms with E-state index in [1.54, 1.807) is 0 Å². The summed E-state index contributed by atoms with van der Waals surface area (Å²) in [6, 6.07) is 9.20. The zero-order chi connectivity index (χ0) is 15.0. The highest BCUT2D eigenvalue weighted by Gasteiger charge is 2.38. The number of halogens is 1. The maximum absolute atomic E-state index is 13.0. The molecule has 0 spiro atoms. The van der Waals surface area contributed by atoms with Crippen LogP contribution in [-0.4, -0.2) is 36.0 Å². The van der Waals surface area contributed by atoms with Crippen LogP contribution in [0.4, 0.5) is 0 Å². The Hall–Kier alpha value is -0.870. The van der Waals surface area contributed by atoms with E-state index in [2.05, 4.69) is 32.2 Å². The van der Waals surface area contributed by atoms with Crippen molar-refractivity contribution in [3.63, 3.8) is 0 Å². The van der Waals surface area contributed by atoms with E-state index in [0.717, 1.165) is 29.5 Å². The molecule has 4 heteroatoms. The van der Waals surface area contributed by atoms with Crippen LogP contribution in [0, 0.1) is 0 Å². The van der Waals surface area contributed by atoms with Gasteiger partial charge in [0, 0.05) is 29.6 Å². The molecule has 114 valence electrons. The summed E-state index contributed by atoms with van der Waals surface area (Å²) >= 11 is 3.50. The van der Waals surface area contributed by atoms with Crippen LogP contribution in [0.5, 0.6) is 0 Å². The number of rotatable bonds is 2. The molecule has 0 saturated carbocycles. The Morgan fingerprint density at radius 3 is 2.81 bits per heavy atom. The summed E-state index contributed by atoms with van der Waals surface area (Å²) in [5.41, 5.74) is 0.595. The molecule has 0 aromatic heterocycles. The van der Waals surface area contributed by atoms with Gasteiger partial charge in [-0.3, -0.25) is 4.79 Å². The van der Waals surface area contributed by atoms with E-state index in [9.17, 15) is 4.79 Å². The molecule has 2 bridgehead atoms. The summed E-state index contributed by atoms with van der Waals surface area (Å²) in [4.78, 5) is 15.1. The molecule has 1 amide bonds. The molecule has 3 rings (SSSR count). The summed E-state index contributed by atoms with van der Waals surface area (Å²) in [5, 5.41) is 3.64. The Morgan fingerprint density at radius 1 is 1.29 bits per heavy atom. The Bertz CT molecular complexity index is 543. The van der Waals surface area contributed by atoms with Crippen molar-refractivity contribution in [2.24, 2.45) is 0 Å². The fraction of sp³-hybridized carbons (Fsp3) is 0.588. The van der Waals surface area contributed by atoms with Crippen LogP contribution in [-0.2, 0) is 10.2 Å². The molecule has 2 unspecified atom stereocenters. The minimum absolute atomic E-state index is 0.245. The number of nitrogens with zero attached hydrogens (tertiary/aromatic N) is 1. The average molecular weight is 351 g/mol. The first-order chi connectivity index (χ1) is 9.96. The number of fused-ring (bicyclic) bond motifs is 2.